The summed E-state index contributed by atoms with van der Waals surface area (Å²) in [6.45, 7) is 5.38. The molecule has 1 unspecified atom stereocenters. The van der Waals surface area contributed by atoms with Crippen molar-refractivity contribution in [1.82, 2.24) is 15.1 Å². The minimum Gasteiger partial charge on any atom is -0.310 e. The Morgan fingerprint density at radius 2 is 2.00 bits per heavy atom. The van der Waals surface area contributed by atoms with Crippen molar-refractivity contribution in [3.63, 3.8) is 0 Å². The van der Waals surface area contributed by atoms with Gasteiger partial charge in [0.1, 0.15) is 0 Å². The van der Waals surface area contributed by atoms with Crippen LogP contribution in [0.2, 0.25) is 0 Å². The zero-order chi connectivity index (χ0) is 13.0. The van der Waals surface area contributed by atoms with Crippen LogP contribution < -0.4 is 5.32 Å². The van der Waals surface area contributed by atoms with E-state index in [0.717, 1.165) is 12.5 Å². The Labute approximate surface area is 111 Å². The Kier molecular flexibility index (Phi) is 4.81. The van der Waals surface area contributed by atoms with Gasteiger partial charge in [-0.15, -0.1) is 0 Å². The highest BCUT2D eigenvalue weighted by atomic mass is 15.3. The van der Waals surface area contributed by atoms with E-state index in [-0.39, 0.29) is 0 Å². The number of rotatable bonds is 4. The third kappa shape index (κ3) is 3.14. The second kappa shape index (κ2) is 6.37. The average Bonchev–Trinajstić information content (AvgIpc) is 2.58. The van der Waals surface area contributed by atoms with Crippen LogP contribution in [0.15, 0.2) is 6.20 Å². The predicted molar refractivity (Wildman–Crippen MR) is 75.6 cm³/mol. The van der Waals surface area contributed by atoms with Gasteiger partial charge in [0, 0.05) is 24.8 Å². The van der Waals surface area contributed by atoms with Crippen LogP contribution in [-0.4, -0.2) is 16.3 Å². The average molecular weight is 249 g/mol. The van der Waals surface area contributed by atoms with E-state index in [1.807, 2.05) is 11.7 Å². The molecule has 1 aliphatic carbocycles. The molecule has 1 aromatic rings. The number of aromatic nitrogens is 2. The molecule has 1 aromatic heterocycles. The highest BCUT2D eigenvalue weighted by Gasteiger charge is 2.25. The van der Waals surface area contributed by atoms with Crippen molar-refractivity contribution in [1.29, 1.82) is 0 Å². The van der Waals surface area contributed by atoms with Crippen LogP contribution in [0.1, 0.15) is 62.7 Å². The second-order valence-electron chi connectivity index (χ2n) is 5.63. The van der Waals surface area contributed by atoms with Crippen LogP contribution in [0.25, 0.3) is 0 Å². The van der Waals surface area contributed by atoms with Gasteiger partial charge in [0.15, 0.2) is 0 Å². The van der Waals surface area contributed by atoms with Crippen LogP contribution in [0.3, 0.4) is 0 Å². The fourth-order valence-electron chi connectivity index (χ4n) is 3.32. The third-order valence-corrected chi connectivity index (χ3v) is 4.18. The van der Waals surface area contributed by atoms with Gasteiger partial charge >= 0.3 is 0 Å². The largest absolute Gasteiger partial charge is 0.310 e. The Morgan fingerprint density at radius 3 is 2.50 bits per heavy atom. The highest BCUT2D eigenvalue weighted by Crippen LogP contribution is 2.34. The summed E-state index contributed by atoms with van der Waals surface area (Å²) in [7, 11) is 2.02. The molecule has 0 aromatic carbocycles. The molecule has 18 heavy (non-hydrogen) atoms. The second-order valence-corrected chi connectivity index (χ2v) is 5.63. The molecular formula is C15H27N3. The SMILES string of the molecule is CCNC(c1cn(C)nc1C)C1CCCCCC1. The van der Waals surface area contributed by atoms with Crippen molar-refractivity contribution in [3.05, 3.63) is 17.5 Å². The molecule has 1 aliphatic rings. The first-order chi connectivity index (χ1) is 8.72. The van der Waals surface area contributed by atoms with Crippen LogP contribution in [0.5, 0.6) is 0 Å². The summed E-state index contributed by atoms with van der Waals surface area (Å²) in [4.78, 5) is 0. The lowest BCUT2D eigenvalue weighted by Crippen LogP contribution is -2.28. The van der Waals surface area contributed by atoms with Crippen molar-refractivity contribution in [2.45, 2.75) is 58.4 Å². The molecular weight excluding hydrogens is 222 g/mol. The Balaban J connectivity index is 2.18. The first-order valence-electron chi connectivity index (χ1n) is 7.46. The van der Waals surface area contributed by atoms with E-state index in [9.17, 15) is 0 Å². The van der Waals surface area contributed by atoms with Gasteiger partial charge in [0.25, 0.3) is 0 Å². The standard InChI is InChI=1S/C15H27N3/c1-4-16-15(13-9-7-5-6-8-10-13)14-11-18(3)17-12(14)2/h11,13,15-16H,4-10H2,1-3H3. The molecule has 102 valence electrons. The molecule has 3 nitrogen and oxygen atoms in total. The summed E-state index contributed by atoms with van der Waals surface area (Å²) in [5.74, 6) is 0.787. The maximum Gasteiger partial charge on any atom is 0.0641 e. The molecule has 1 N–H and O–H groups in total. The first-order valence-corrected chi connectivity index (χ1v) is 7.46. The lowest BCUT2D eigenvalue weighted by Gasteiger charge is -2.26. The van der Waals surface area contributed by atoms with E-state index >= 15 is 0 Å². The molecule has 1 saturated carbocycles. The molecule has 1 fully saturated rings. The summed E-state index contributed by atoms with van der Waals surface area (Å²) in [5, 5.41) is 8.21. The minimum absolute atomic E-state index is 0.502. The Hall–Kier alpha value is -0.830. The maximum absolute atomic E-state index is 4.51. The van der Waals surface area contributed by atoms with Gasteiger partial charge in [-0.25, -0.2) is 0 Å². The van der Waals surface area contributed by atoms with Crippen molar-refractivity contribution < 1.29 is 0 Å². The van der Waals surface area contributed by atoms with E-state index in [4.69, 9.17) is 0 Å². The Morgan fingerprint density at radius 1 is 1.33 bits per heavy atom. The Bertz CT molecular complexity index is 362. The fourth-order valence-corrected chi connectivity index (χ4v) is 3.32. The number of hydrogen-bond acceptors (Lipinski definition) is 2. The first kappa shape index (κ1) is 13.6. The van der Waals surface area contributed by atoms with Crippen LogP contribution >= 0.6 is 0 Å². The van der Waals surface area contributed by atoms with Crippen molar-refractivity contribution >= 4 is 0 Å². The zero-order valence-corrected chi connectivity index (χ0v) is 12.1. The van der Waals surface area contributed by atoms with E-state index in [0.29, 0.717) is 6.04 Å². The molecule has 2 rings (SSSR count). The summed E-state index contributed by atoms with van der Waals surface area (Å²) in [6.07, 6.45) is 10.6. The number of nitrogens with one attached hydrogen (secondary N) is 1. The van der Waals surface area contributed by atoms with Gasteiger partial charge in [-0.3, -0.25) is 4.68 Å². The van der Waals surface area contributed by atoms with Crippen molar-refractivity contribution in [3.8, 4) is 0 Å². The van der Waals surface area contributed by atoms with Crippen LogP contribution in [-0.2, 0) is 7.05 Å². The van der Waals surface area contributed by atoms with Gasteiger partial charge in [0.2, 0.25) is 0 Å². The van der Waals surface area contributed by atoms with Crippen molar-refractivity contribution in [2.75, 3.05) is 6.54 Å². The lowest BCUT2D eigenvalue weighted by atomic mass is 9.87. The maximum atomic E-state index is 4.51. The summed E-state index contributed by atoms with van der Waals surface area (Å²) in [6, 6.07) is 0.502. The van der Waals surface area contributed by atoms with E-state index in [2.05, 4.69) is 30.5 Å². The molecule has 3 heteroatoms. The predicted octanol–water partition coefficient (Wildman–Crippen LogP) is 3.35. The molecule has 0 aliphatic heterocycles. The summed E-state index contributed by atoms with van der Waals surface area (Å²) >= 11 is 0. The monoisotopic (exact) mass is 249 g/mol. The number of aryl methyl sites for hydroxylation is 2. The smallest absolute Gasteiger partial charge is 0.0641 e. The molecule has 0 saturated heterocycles. The van der Waals surface area contributed by atoms with E-state index in [1.165, 1.54) is 49.8 Å². The summed E-state index contributed by atoms with van der Waals surface area (Å²) in [5.41, 5.74) is 2.60. The highest BCUT2D eigenvalue weighted by molar-refractivity contribution is 5.21. The molecule has 0 bridgehead atoms. The van der Waals surface area contributed by atoms with Gasteiger partial charge in [-0.2, -0.15) is 5.10 Å². The van der Waals surface area contributed by atoms with Crippen LogP contribution in [0, 0.1) is 12.8 Å². The van der Waals surface area contributed by atoms with Crippen LogP contribution in [0.4, 0.5) is 0 Å². The number of hydrogen-bond donors (Lipinski definition) is 1. The molecule has 0 amide bonds. The molecule has 0 spiro atoms. The van der Waals surface area contributed by atoms with Crippen molar-refractivity contribution in [2.24, 2.45) is 13.0 Å². The van der Waals surface area contributed by atoms with Gasteiger partial charge in [-0.1, -0.05) is 32.6 Å². The minimum atomic E-state index is 0.502. The van der Waals surface area contributed by atoms with E-state index in [1.54, 1.807) is 0 Å². The molecule has 1 atom stereocenters. The van der Waals surface area contributed by atoms with E-state index < -0.39 is 0 Å². The zero-order valence-electron chi connectivity index (χ0n) is 12.1. The normalized spacial score (nSPS) is 19.7. The quantitative estimate of drug-likeness (QED) is 0.829. The van der Waals surface area contributed by atoms with Gasteiger partial charge in [-0.05, 0) is 32.2 Å². The lowest BCUT2D eigenvalue weighted by molar-refractivity contribution is 0.329. The molecule has 1 heterocycles. The number of nitrogens with zero attached hydrogens (tertiary/aromatic N) is 2. The molecule has 0 radical (unpaired) electrons. The third-order valence-electron chi connectivity index (χ3n) is 4.18. The van der Waals surface area contributed by atoms with Gasteiger partial charge in [0.05, 0.1) is 5.69 Å². The van der Waals surface area contributed by atoms with Gasteiger partial charge < -0.3 is 5.32 Å². The summed E-state index contributed by atoms with van der Waals surface area (Å²) < 4.78 is 1.95. The topological polar surface area (TPSA) is 29.9 Å². The fraction of sp³-hybridized carbons (Fsp3) is 0.800.